The van der Waals surface area contributed by atoms with Crippen LogP contribution < -0.4 is 25.1 Å². The Morgan fingerprint density at radius 2 is 1.40 bits per heavy atom. The zero-order chi connectivity index (χ0) is 32.4. The highest BCUT2D eigenvalue weighted by Gasteiger charge is 2.23. The predicted molar refractivity (Wildman–Crippen MR) is 171 cm³/mol. The summed E-state index contributed by atoms with van der Waals surface area (Å²) in [5.41, 5.74) is 0.864. The van der Waals surface area contributed by atoms with Crippen LogP contribution in [0, 0.1) is 6.92 Å². The Morgan fingerprint density at radius 1 is 0.756 bits per heavy atom. The molecule has 45 heavy (non-hydrogen) atoms. The molecule has 4 aromatic carbocycles. The second kappa shape index (κ2) is 12.3. The van der Waals surface area contributed by atoms with Crippen molar-refractivity contribution in [3.63, 3.8) is 0 Å². The van der Waals surface area contributed by atoms with Crippen LogP contribution in [0.2, 0.25) is 0 Å². The van der Waals surface area contributed by atoms with E-state index in [2.05, 4.69) is 14.8 Å². The summed E-state index contributed by atoms with van der Waals surface area (Å²) in [5.74, 6) is -0.273. The van der Waals surface area contributed by atoms with Gasteiger partial charge < -0.3 is 10.1 Å². The molecule has 0 bridgehead atoms. The number of methoxy groups -OCH3 is 1. The van der Waals surface area contributed by atoms with E-state index in [1.54, 1.807) is 73.3 Å². The highest BCUT2D eigenvalue weighted by molar-refractivity contribution is 7.93. The van der Waals surface area contributed by atoms with E-state index in [1.165, 1.54) is 60.3 Å². The minimum atomic E-state index is -4.27. The van der Waals surface area contributed by atoms with Crippen molar-refractivity contribution in [2.24, 2.45) is 7.05 Å². The molecule has 5 rings (SSSR count). The number of hydrogen-bond acceptors (Lipinski definition) is 7. The van der Waals surface area contributed by atoms with Crippen LogP contribution in [0.25, 0.3) is 5.69 Å². The maximum atomic E-state index is 13.3. The Bertz CT molecular complexity index is 2160. The number of anilines is 3. The highest BCUT2D eigenvalue weighted by atomic mass is 32.2. The quantitative estimate of drug-likeness (QED) is 0.203. The maximum Gasteiger partial charge on any atom is 0.296 e. The van der Waals surface area contributed by atoms with E-state index in [0.717, 1.165) is 0 Å². The van der Waals surface area contributed by atoms with Crippen molar-refractivity contribution in [2.45, 2.75) is 16.7 Å². The van der Waals surface area contributed by atoms with Crippen molar-refractivity contribution in [2.75, 3.05) is 21.9 Å². The van der Waals surface area contributed by atoms with E-state index in [9.17, 15) is 26.4 Å². The molecular formula is C31H29N5O7S2. The van der Waals surface area contributed by atoms with Crippen LogP contribution in [0.3, 0.4) is 0 Å². The van der Waals surface area contributed by atoms with Crippen molar-refractivity contribution in [3.05, 3.63) is 125 Å². The van der Waals surface area contributed by atoms with Gasteiger partial charge in [0.2, 0.25) is 0 Å². The smallest absolute Gasteiger partial charge is 0.296 e. The van der Waals surface area contributed by atoms with Crippen LogP contribution >= 0.6 is 0 Å². The van der Waals surface area contributed by atoms with E-state index in [-0.39, 0.29) is 32.4 Å². The molecule has 0 fully saturated rings. The molecule has 1 aromatic heterocycles. The molecule has 1 amide bonds. The summed E-state index contributed by atoms with van der Waals surface area (Å²) in [5, 5.41) is 2.63. The number of benzene rings is 4. The van der Waals surface area contributed by atoms with Gasteiger partial charge in [-0.3, -0.25) is 23.7 Å². The number of carbonyl (C=O) groups excluding carboxylic acids is 1. The average molecular weight is 648 g/mol. The number of nitrogens with one attached hydrogen (secondary N) is 3. The Labute approximate surface area is 260 Å². The summed E-state index contributed by atoms with van der Waals surface area (Å²) in [6, 6.07) is 26.1. The van der Waals surface area contributed by atoms with E-state index in [4.69, 9.17) is 4.74 Å². The van der Waals surface area contributed by atoms with Crippen molar-refractivity contribution < 1.29 is 26.4 Å². The van der Waals surface area contributed by atoms with Gasteiger partial charge in [0, 0.05) is 18.3 Å². The molecule has 0 saturated heterocycles. The van der Waals surface area contributed by atoms with Crippen molar-refractivity contribution in [1.82, 2.24) is 9.36 Å². The lowest BCUT2D eigenvalue weighted by Gasteiger charge is -2.12. The highest BCUT2D eigenvalue weighted by Crippen LogP contribution is 2.27. The van der Waals surface area contributed by atoms with Crippen LogP contribution in [-0.4, -0.2) is 39.2 Å². The molecule has 0 spiro atoms. The fourth-order valence-electron chi connectivity index (χ4n) is 4.54. The van der Waals surface area contributed by atoms with E-state index >= 15 is 0 Å². The third-order valence-electron chi connectivity index (χ3n) is 6.97. The Kier molecular flexibility index (Phi) is 8.53. The molecule has 0 aliphatic rings. The Morgan fingerprint density at radius 3 is 2.09 bits per heavy atom. The van der Waals surface area contributed by atoms with Crippen LogP contribution in [0.5, 0.6) is 5.75 Å². The fraction of sp³-hybridized carbons (Fsp3) is 0.0968. The summed E-state index contributed by atoms with van der Waals surface area (Å²) in [6.07, 6.45) is 0. The molecule has 12 nitrogen and oxygen atoms in total. The lowest BCUT2D eigenvalue weighted by Crippen LogP contribution is -2.23. The number of para-hydroxylation sites is 3. The third-order valence-corrected chi connectivity index (χ3v) is 9.70. The molecule has 0 saturated carbocycles. The zero-order valence-electron chi connectivity index (χ0n) is 24.4. The second-order valence-electron chi connectivity index (χ2n) is 9.85. The third kappa shape index (κ3) is 6.46. The van der Waals surface area contributed by atoms with Crippen molar-refractivity contribution in [3.8, 4) is 11.4 Å². The van der Waals surface area contributed by atoms with Gasteiger partial charge in [0.15, 0.2) is 0 Å². The van der Waals surface area contributed by atoms with Gasteiger partial charge in [0.1, 0.15) is 11.4 Å². The number of aromatic nitrogens is 2. The lowest BCUT2D eigenvalue weighted by molar-refractivity contribution is 0.102. The van der Waals surface area contributed by atoms with Crippen LogP contribution in [0.15, 0.2) is 118 Å². The normalized spacial score (nSPS) is 11.5. The first-order valence-corrected chi connectivity index (χ1v) is 16.4. The zero-order valence-corrected chi connectivity index (χ0v) is 26.0. The van der Waals surface area contributed by atoms with E-state index in [0.29, 0.717) is 17.1 Å². The van der Waals surface area contributed by atoms with Crippen LogP contribution in [0.4, 0.5) is 17.1 Å². The minimum Gasteiger partial charge on any atom is -0.495 e. The van der Waals surface area contributed by atoms with Gasteiger partial charge in [-0.1, -0.05) is 36.4 Å². The largest absolute Gasteiger partial charge is 0.495 e. The molecule has 0 aliphatic heterocycles. The number of carbonyl (C=O) groups is 1. The molecular weight excluding hydrogens is 619 g/mol. The minimum absolute atomic E-state index is 0.0268. The van der Waals surface area contributed by atoms with Gasteiger partial charge >= 0.3 is 0 Å². The number of nitrogens with zero attached hydrogens (tertiary/aromatic N) is 2. The fourth-order valence-corrected chi connectivity index (χ4v) is 6.77. The first kappa shape index (κ1) is 31.1. The first-order chi connectivity index (χ1) is 21.4. The van der Waals surface area contributed by atoms with Gasteiger partial charge in [-0.15, -0.1) is 0 Å². The van der Waals surface area contributed by atoms with Gasteiger partial charge in [0.25, 0.3) is 31.5 Å². The van der Waals surface area contributed by atoms with Crippen molar-refractivity contribution >= 4 is 43.0 Å². The summed E-state index contributed by atoms with van der Waals surface area (Å²) in [4.78, 5) is 26.0. The predicted octanol–water partition coefficient (Wildman–Crippen LogP) is 4.35. The average Bonchev–Trinajstić information content (AvgIpc) is 3.24. The molecule has 0 unspecified atom stereocenters. The summed E-state index contributed by atoms with van der Waals surface area (Å²) >= 11 is 0. The second-order valence-corrected chi connectivity index (χ2v) is 13.2. The Balaban J connectivity index is 1.32. The molecule has 14 heteroatoms. The lowest BCUT2D eigenvalue weighted by atomic mass is 10.2. The topological polar surface area (TPSA) is 158 Å². The number of hydrogen-bond donors (Lipinski definition) is 3. The van der Waals surface area contributed by atoms with E-state index in [1.807, 2.05) is 0 Å². The maximum absolute atomic E-state index is 13.3. The molecule has 3 N–H and O–H groups in total. The number of ether oxygens (including phenoxy) is 1. The monoisotopic (exact) mass is 647 g/mol. The van der Waals surface area contributed by atoms with Gasteiger partial charge in [-0.25, -0.2) is 21.5 Å². The van der Waals surface area contributed by atoms with Crippen LogP contribution in [0.1, 0.15) is 16.1 Å². The summed E-state index contributed by atoms with van der Waals surface area (Å²) in [7, 11) is -5.15. The molecule has 232 valence electrons. The molecule has 1 heterocycles. The Hall–Kier alpha value is -5.34. The molecule has 0 radical (unpaired) electrons. The van der Waals surface area contributed by atoms with Gasteiger partial charge in [0.05, 0.1) is 34.0 Å². The van der Waals surface area contributed by atoms with Gasteiger partial charge in [-0.05, 0) is 73.7 Å². The van der Waals surface area contributed by atoms with E-state index < -0.39 is 31.5 Å². The summed E-state index contributed by atoms with van der Waals surface area (Å²) < 4.78 is 65.4. The molecule has 0 aliphatic carbocycles. The first-order valence-electron chi connectivity index (χ1n) is 13.5. The molecule has 5 aromatic rings. The van der Waals surface area contributed by atoms with Crippen LogP contribution in [-0.2, 0) is 27.1 Å². The van der Waals surface area contributed by atoms with Gasteiger partial charge in [-0.2, -0.15) is 0 Å². The summed E-state index contributed by atoms with van der Waals surface area (Å²) in [6.45, 7) is 1.62. The molecule has 0 atom stereocenters. The SMILES string of the molecule is COc1ccccc1NS(=O)(=O)c1ccc(NC(=O)c2cccc(S(=O)(=O)Nc3c(C)n(C)n(-c4ccccc4)c3=O)c2)cc1. The number of rotatable bonds is 10. The van der Waals surface area contributed by atoms with Crippen molar-refractivity contribution in [1.29, 1.82) is 0 Å². The standard InChI is InChI=1S/C31H29N5O7S2/c1-21-29(31(38)36(35(21)2)24-11-5-4-6-12-24)34-45(41,42)26-13-9-10-22(20-26)30(37)32-23-16-18-25(19-17-23)44(39,40)33-27-14-7-8-15-28(27)43-3/h4-20,33-34H,1-3H3,(H,32,37). The number of sulfonamides is 2. The number of amides is 1.